The van der Waals surface area contributed by atoms with E-state index in [-0.39, 0.29) is 0 Å². The van der Waals surface area contributed by atoms with Crippen LogP contribution in [0, 0.1) is 5.92 Å². The van der Waals surface area contributed by atoms with Crippen LogP contribution < -0.4 is 5.32 Å². The molecule has 1 unspecified atom stereocenters. The largest absolute Gasteiger partial charge is 0.391 e. The van der Waals surface area contributed by atoms with E-state index in [4.69, 9.17) is 7.85 Å². The van der Waals surface area contributed by atoms with E-state index < -0.39 is 0 Å². The van der Waals surface area contributed by atoms with Gasteiger partial charge in [0.15, 0.2) is 0 Å². The molecule has 0 saturated carbocycles. The second-order valence-electron chi connectivity index (χ2n) is 2.72. The van der Waals surface area contributed by atoms with E-state index in [1.807, 2.05) is 19.2 Å². The molecule has 1 aliphatic rings. The summed E-state index contributed by atoms with van der Waals surface area (Å²) in [7, 11) is 7.57. The average Bonchev–Trinajstić information content (AvgIpc) is 1.88. The molecule has 1 nitrogen and oxygen atoms in total. The summed E-state index contributed by atoms with van der Waals surface area (Å²) in [5.74, 6) is 0.551. The molecule has 0 heterocycles. The van der Waals surface area contributed by atoms with E-state index in [0.29, 0.717) is 5.92 Å². The van der Waals surface area contributed by atoms with Crippen LogP contribution in [-0.4, -0.2) is 14.9 Å². The van der Waals surface area contributed by atoms with E-state index in [2.05, 4.69) is 12.2 Å². The fourth-order valence-electron chi connectivity index (χ4n) is 1.22. The molecule has 1 atom stereocenters. The molecule has 10 heavy (non-hydrogen) atoms. The molecular formula is C8H12BN. The van der Waals surface area contributed by atoms with E-state index in [0.717, 1.165) is 11.9 Å². The lowest BCUT2D eigenvalue weighted by Gasteiger charge is -2.19. The fourth-order valence-corrected chi connectivity index (χ4v) is 1.22. The van der Waals surface area contributed by atoms with Gasteiger partial charge in [0.25, 0.3) is 0 Å². The number of hydrogen-bond donors (Lipinski definition) is 1. The Morgan fingerprint density at radius 1 is 1.60 bits per heavy atom. The highest BCUT2D eigenvalue weighted by molar-refractivity contribution is 6.21. The minimum absolute atomic E-state index is 0.551. The summed E-state index contributed by atoms with van der Waals surface area (Å²) in [4.78, 5) is 0. The zero-order valence-corrected chi connectivity index (χ0v) is 6.52. The van der Waals surface area contributed by atoms with Crippen LogP contribution in [-0.2, 0) is 0 Å². The summed E-state index contributed by atoms with van der Waals surface area (Å²) in [6, 6.07) is 0. The Hall–Kier alpha value is -0.655. The molecule has 0 aromatic carbocycles. The lowest BCUT2D eigenvalue weighted by atomic mass is 9.82. The molecule has 1 aliphatic carbocycles. The molecule has 1 rings (SSSR count). The number of hydrogen-bond acceptors (Lipinski definition) is 1. The quantitative estimate of drug-likeness (QED) is 0.529. The van der Waals surface area contributed by atoms with Crippen LogP contribution in [0.2, 0.25) is 0 Å². The predicted molar refractivity (Wildman–Crippen MR) is 44.8 cm³/mol. The van der Waals surface area contributed by atoms with E-state index >= 15 is 0 Å². The van der Waals surface area contributed by atoms with Crippen molar-refractivity contribution in [1.29, 1.82) is 0 Å². The Bertz CT molecular complexity index is 182. The van der Waals surface area contributed by atoms with Gasteiger partial charge < -0.3 is 5.32 Å². The predicted octanol–water partition coefficient (Wildman–Crippen LogP) is 1.18. The third-order valence-electron chi connectivity index (χ3n) is 1.84. The van der Waals surface area contributed by atoms with Gasteiger partial charge in [-0.1, -0.05) is 13.0 Å². The van der Waals surface area contributed by atoms with Gasteiger partial charge in [0.05, 0.1) is 0 Å². The lowest BCUT2D eigenvalue weighted by molar-refractivity contribution is 0.630. The van der Waals surface area contributed by atoms with Gasteiger partial charge in [0.2, 0.25) is 0 Å². The Kier molecular flexibility index (Phi) is 2.20. The first-order valence-electron chi connectivity index (χ1n) is 3.58. The SMILES string of the molecule is [B]C1=CC=C(NC)C(C)C1. The molecule has 0 aromatic heterocycles. The molecule has 0 aliphatic heterocycles. The van der Waals surface area contributed by atoms with Crippen molar-refractivity contribution in [3.05, 3.63) is 23.3 Å². The first-order valence-corrected chi connectivity index (χ1v) is 3.58. The molecule has 0 saturated heterocycles. The van der Waals surface area contributed by atoms with Gasteiger partial charge >= 0.3 is 0 Å². The molecule has 1 N–H and O–H groups in total. The molecule has 2 heteroatoms. The number of rotatable bonds is 1. The second-order valence-corrected chi connectivity index (χ2v) is 2.72. The van der Waals surface area contributed by atoms with Crippen LogP contribution >= 0.6 is 0 Å². The maximum atomic E-state index is 5.63. The molecule has 0 fully saturated rings. The first kappa shape index (κ1) is 7.45. The Balaban J connectivity index is 2.71. The molecule has 52 valence electrons. The Labute approximate surface area is 63.6 Å². The van der Waals surface area contributed by atoms with Crippen LogP contribution in [0.1, 0.15) is 13.3 Å². The first-order chi connectivity index (χ1) is 4.74. The van der Waals surface area contributed by atoms with Gasteiger partial charge in [-0.3, -0.25) is 0 Å². The highest BCUT2D eigenvalue weighted by atomic mass is 14.8. The zero-order chi connectivity index (χ0) is 7.56. The summed E-state index contributed by atoms with van der Waals surface area (Å²) in [6.45, 7) is 2.17. The molecule has 0 aromatic rings. The van der Waals surface area contributed by atoms with Crippen LogP contribution in [0.15, 0.2) is 23.3 Å². The standard InChI is InChI=1S/C8H12BN/c1-6-5-7(9)3-4-8(6)10-2/h3-4,6,10H,5H2,1-2H3. The Morgan fingerprint density at radius 2 is 2.30 bits per heavy atom. The summed E-state index contributed by atoms with van der Waals surface area (Å²) in [5.41, 5.74) is 2.25. The maximum absolute atomic E-state index is 5.63. The zero-order valence-electron chi connectivity index (χ0n) is 6.52. The lowest BCUT2D eigenvalue weighted by Crippen LogP contribution is -2.16. The molecule has 0 bridgehead atoms. The van der Waals surface area contributed by atoms with Crippen LogP contribution in [0.25, 0.3) is 0 Å². The summed E-state index contributed by atoms with van der Waals surface area (Å²) < 4.78 is 0. The van der Waals surface area contributed by atoms with E-state index in [1.165, 1.54) is 5.70 Å². The van der Waals surface area contributed by atoms with Crippen molar-refractivity contribution in [3.8, 4) is 0 Å². The third-order valence-corrected chi connectivity index (χ3v) is 1.84. The minimum atomic E-state index is 0.551. The van der Waals surface area contributed by atoms with Crippen molar-refractivity contribution < 1.29 is 0 Å². The normalized spacial score (nSPS) is 25.2. The fraction of sp³-hybridized carbons (Fsp3) is 0.500. The van der Waals surface area contributed by atoms with Gasteiger partial charge in [-0.15, -0.1) is 5.47 Å². The second kappa shape index (κ2) is 2.95. The monoisotopic (exact) mass is 133 g/mol. The third kappa shape index (κ3) is 1.44. The summed E-state index contributed by atoms with van der Waals surface area (Å²) in [6.07, 6.45) is 4.99. The van der Waals surface area contributed by atoms with Gasteiger partial charge in [0, 0.05) is 12.7 Å². The maximum Gasteiger partial charge on any atom is 0.107 e. The number of allylic oxidation sites excluding steroid dienone is 4. The van der Waals surface area contributed by atoms with Gasteiger partial charge in [-0.05, 0) is 18.4 Å². The van der Waals surface area contributed by atoms with Crippen molar-refractivity contribution >= 4 is 7.85 Å². The van der Waals surface area contributed by atoms with E-state index in [1.54, 1.807) is 0 Å². The highest BCUT2D eigenvalue weighted by Gasteiger charge is 2.09. The van der Waals surface area contributed by atoms with Gasteiger partial charge in [-0.25, -0.2) is 0 Å². The van der Waals surface area contributed by atoms with Crippen LogP contribution in [0.4, 0.5) is 0 Å². The molecule has 0 spiro atoms. The molecule has 0 amide bonds. The highest BCUT2D eigenvalue weighted by Crippen LogP contribution is 2.20. The van der Waals surface area contributed by atoms with Crippen LogP contribution in [0.3, 0.4) is 0 Å². The van der Waals surface area contributed by atoms with Crippen LogP contribution in [0.5, 0.6) is 0 Å². The average molecular weight is 133 g/mol. The van der Waals surface area contributed by atoms with E-state index in [9.17, 15) is 0 Å². The van der Waals surface area contributed by atoms with Crippen molar-refractivity contribution in [2.24, 2.45) is 5.92 Å². The van der Waals surface area contributed by atoms with Crippen molar-refractivity contribution in [3.63, 3.8) is 0 Å². The smallest absolute Gasteiger partial charge is 0.107 e. The minimum Gasteiger partial charge on any atom is -0.391 e. The van der Waals surface area contributed by atoms with Crippen molar-refractivity contribution in [2.75, 3.05) is 7.05 Å². The van der Waals surface area contributed by atoms with Crippen molar-refractivity contribution in [1.82, 2.24) is 5.32 Å². The topological polar surface area (TPSA) is 12.0 Å². The Morgan fingerprint density at radius 3 is 2.80 bits per heavy atom. The summed E-state index contributed by atoms with van der Waals surface area (Å²) >= 11 is 0. The van der Waals surface area contributed by atoms with Gasteiger partial charge in [-0.2, -0.15) is 0 Å². The molecule has 2 radical (unpaired) electrons. The summed E-state index contributed by atoms with van der Waals surface area (Å²) in [5, 5.41) is 3.14. The van der Waals surface area contributed by atoms with Gasteiger partial charge in [0.1, 0.15) is 7.85 Å². The number of nitrogens with one attached hydrogen (secondary N) is 1. The molecular weight excluding hydrogens is 121 g/mol. The van der Waals surface area contributed by atoms with Crippen molar-refractivity contribution in [2.45, 2.75) is 13.3 Å².